The average molecular weight is 308 g/mol. The molecule has 0 saturated carbocycles. The third-order valence-corrected chi connectivity index (χ3v) is 4.66. The van der Waals surface area contributed by atoms with Crippen LogP contribution in [0.1, 0.15) is 11.1 Å². The Labute approximate surface area is 123 Å². The highest BCUT2D eigenvalue weighted by molar-refractivity contribution is 7.98. The molecule has 20 heavy (non-hydrogen) atoms. The summed E-state index contributed by atoms with van der Waals surface area (Å²) in [6.45, 7) is 2.04. The van der Waals surface area contributed by atoms with Crippen molar-refractivity contribution >= 4 is 27.5 Å². The molecule has 0 aromatic heterocycles. The number of primary sulfonamides is 1. The van der Waals surface area contributed by atoms with E-state index in [-0.39, 0.29) is 4.90 Å². The van der Waals surface area contributed by atoms with E-state index >= 15 is 0 Å². The van der Waals surface area contributed by atoms with Crippen LogP contribution in [0.3, 0.4) is 0 Å². The van der Waals surface area contributed by atoms with Gasteiger partial charge in [-0.1, -0.05) is 29.8 Å². The number of anilines is 1. The van der Waals surface area contributed by atoms with Crippen molar-refractivity contribution in [3.63, 3.8) is 0 Å². The predicted octanol–water partition coefficient (Wildman–Crippen LogP) is 2.52. The average Bonchev–Trinajstić information content (AvgIpc) is 2.35. The van der Waals surface area contributed by atoms with Crippen molar-refractivity contribution in [2.75, 3.05) is 5.73 Å². The van der Waals surface area contributed by atoms with E-state index in [2.05, 4.69) is 6.07 Å². The minimum Gasteiger partial charge on any atom is -0.399 e. The van der Waals surface area contributed by atoms with Crippen LogP contribution in [0, 0.1) is 6.92 Å². The molecule has 0 radical (unpaired) electrons. The van der Waals surface area contributed by atoms with Gasteiger partial charge in [0.2, 0.25) is 10.0 Å². The Morgan fingerprint density at radius 1 is 1.15 bits per heavy atom. The molecule has 0 fully saturated rings. The van der Waals surface area contributed by atoms with Crippen LogP contribution in [0.2, 0.25) is 0 Å². The van der Waals surface area contributed by atoms with E-state index < -0.39 is 10.0 Å². The van der Waals surface area contributed by atoms with E-state index in [0.717, 1.165) is 10.6 Å². The summed E-state index contributed by atoms with van der Waals surface area (Å²) in [6, 6.07) is 12.8. The molecule has 0 aliphatic heterocycles. The van der Waals surface area contributed by atoms with Crippen molar-refractivity contribution < 1.29 is 8.42 Å². The van der Waals surface area contributed by atoms with Crippen LogP contribution in [0.4, 0.5) is 5.69 Å². The zero-order valence-electron chi connectivity index (χ0n) is 11.0. The number of thioether (sulfide) groups is 1. The third kappa shape index (κ3) is 4.00. The van der Waals surface area contributed by atoms with Crippen molar-refractivity contribution in [1.29, 1.82) is 0 Å². The summed E-state index contributed by atoms with van der Waals surface area (Å²) in [4.78, 5) is 0.833. The van der Waals surface area contributed by atoms with E-state index in [1.54, 1.807) is 12.1 Å². The fourth-order valence-corrected chi connectivity index (χ4v) is 3.42. The van der Waals surface area contributed by atoms with E-state index in [9.17, 15) is 8.42 Å². The van der Waals surface area contributed by atoms with Gasteiger partial charge in [0.05, 0.1) is 4.90 Å². The topological polar surface area (TPSA) is 86.2 Å². The van der Waals surface area contributed by atoms with Gasteiger partial charge in [-0.3, -0.25) is 0 Å². The molecule has 0 unspecified atom stereocenters. The number of hydrogen-bond acceptors (Lipinski definition) is 4. The first-order valence-electron chi connectivity index (χ1n) is 5.96. The lowest BCUT2D eigenvalue weighted by Gasteiger charge is -2.07. The molecular formula is C14H16N2O2S2. The Kier molecular flexibility index (Phi) is 4.37. The molecule has 4 N–H and O–H groups in total. The molecule has 0 saturated heterocycles. The second-order valence-electron chi connectivity index (χ2n) is 4.56. The molecule has 0 aliphatic carbocycles. The largest absolute Gasteiger partial charge is 0.399 e. The highest BCUT2D eigenvalue weighted by Crippen LogP contribution is 2.27. The number of sulfonamides is 1. The maximum absolute atomic E-state index is 11.4. The number of aryl methyl sites for hydroxylation is 1. The SMILES string of the molecule is Cc1cccc(CSc2cc(N)cc(S(N)(=O)=O)c2)c1. The molecule has 106 valence electrons. The number of hydrogen-bond donors (Lipinski definition) is 2. The van der Waals surface area contributed by atoms with Gasteiger partial charge in [-0.05, 0) is 30.7 Å². The summed E-state index contributed by atoms with van der Waals surface area (Å²) in [6.07, 6.45) is 0. The highest BCUT2D eigenvalue weighted by atomic mass is 32.2. The summed E-state index contributed by atoms with van der Waals surface area (Å²) < 4.78 is 22.7. The lowest BCUT2D eigenvalue weighted by molar-refractivity contribution is 0.597. The van der Waals surface area contributed by atoms with Crippen LogP contribution in [-0.4, -0.2) is 8.42 Å². The van der Waals surface area contributed by atoms with Gasteiger partial charge >= 0.3 is 0 Å². The van der Waals surface area contributed by atoms with Crippen LogP contribution >= 0.6 is 11.8 Å². The normalized spacial score (nSPS) is 11.5. The Bertz CT molecular complexity index is 728. The molecule has 0 aliphatic rings. The molecule has 2 aromatic rings. The first-order chi connectivity index (χ1) is 9.34. The minimum absolute atomic E-state index is 0.0456. The zero-order valence-corrected chi connectivity index (χ0v) is 12.7. The summed E-state index contributed by atoms with van der Waals surface area (Å²) >= 11 is 1.53. The number of nitrogen functional groups attached to an aromatic ring is 1. The van der Waals surface area contributed by atoms with Crippen molar-refractivity contribution in [2.45, 2.75) is 22.5 Å². The predicted molar refractivity (Wildman–Crippen MR) is 83.0 cm³/mol. The van der Waals surface area contributed by atoms with E-state index in [1.165, 1.54) is 29.0 Å². The molecule has 2 aromatic carbocycles. The molecule has 0 bridgehead atoms. The summed E-state index contributed by atoms with van der Waals surface area (Å²) in [5.74, 6) is 0.745. The Morgan fingerprint density at radius 3 is 2.55 bits per heavy atom. The molecule has 0 heterocycles. The first kappa shape index (κ1) is 14.9. The van der Waals surface area contributed by atoms with Crippen molar-refractivity contribution in [1.82, 2.24) is 0 Å². The van der Waals surface area contributed by atoms with Gasteiger partial charge in [0.1, 0.15) is 0 Å². The van der Waals surface area contributed by atoms with Crippen LogP contribution in [0.15, 0.2) is 52.3 Å². The number of nitrogens with two attached hydrogens (primary N) is 2. The van der Waals surface area contributed by atoms with E-state index in [1.807, 2.05) is 25.1 Å². The second-order valence-corrected chi connectivity index (χ2v) is 7.17. The van der Waals surface area contributed by atoms with Gasteiger partial charge in [0.15, 0.2) is 0 Å². The van der Waals surface area contributed by atoms with Crippen LogP contribution in [0.5, 0.6) is 0 Å². The fraction of sp³-hybridized carbons (Fsp3) is 0.143. The molecule has 0 atom stereocenters. The maximum atomic E-state index is 11.4. The van der Waals surface area contributed by atoms with Gasteiger partial charge in [-0.2, -0.15) is 0 Å². The lowest BCUT2D eigenvalue weighted by atomic mass is 10.2. The second kappa shape index (κ2) is 5.87. The Morgan fingerprint density at radius 2 is 1.90 bits per heavy atom. The van der Waals surface area contributed by atoms with Crippen molar-refractivity contribution in [2.24, 2.45) is 5.14 Å². The van der Waals surface area contributed by atoms with Crippen LogP contribution in [-0.2, 0) is 15.8 Å². The Balaban J connectivity index is 2.20. The van der Waals surface area contributed by atoms with Gasteiger partial charge in [0.25, 0.3) is 0 Å². The number of benzene rings is 2. The van der Waals surface area contributed by atoms with Crippen LogP contribution < -0.4 is 10.9 Å². The summed E-state index contributed by atoms with van der Waals surface area (Å²) in [5.41, 5.74) is 8.48. The molecule has 0 spiro atoms. The zero-order chi connectivity index (χ0) is 14.8. The molecular weight excluding hydrogens is 292 g/mol. The smallest absolute Gasteiger partial charge is 0.238 e. The Hall–Kier alpha value is -1.50. The first-order valence-corrected chi connectivity index (χ1v) is 8.49. The summed E-state index contributed by atoms with van der Waals surface area (Å²) in [5, 5.41) is 5.13. The summed E-state index contributed by atoms with van der Waals surface area (Å²) in [7, 11) is -3.73. The fourth-order valence-electron chi connectivity index (χ4n) is 1.81. The molecule has 2 rings (SSSR count). The third-order valence-electron chi connectivity index (χ3n) is 2.72. The lowest BCUT2D eigenvalue weighted by Crippen LogP contribution is -2.12. The maximum Gasteiger partial charge on any atom is 0.238 e. The quantitative estimate of drug-likeness (QED) is 0.671. The van der Waals surface area contributed by atoms with Gasteiger partial charge in [-0.15, -0.1) is 11.8 Å². The highest BCUT2D eigenvalue weighted by Gasteiger charge is 2.10. The van der Waals surface area contributed by atoms with Gasteiger partial charge < -0.3 is 5.73 Å². The standard InChI is InChI=1S/C14H16N2O2S2/c1-10-3-2-4-11(5-10)9-19-13-6-12(15)7-14(8-13)20(16,17)18/h2-8H,9,15H2,1H3,(H2,16,17,18). The van der Waals surface area contributed by atoms with Crippen LogP contribution in [0.25, 0.3) is 0 Å². The molecule has 4 nitrogen and oxygen atoms in total. The van der Waals surface area contributed by atoms with Crippen molar-refractivity contribution in [3.05, 3.63) is 53.6 Å². The minimum atomic E-state index is -3.73. The van der Waals surface area contributed by atoms with E-state index in [0.29, 0.717) is 5.69 Å². The van der Waals surface area contributed by atoms with Gasteiger partial charge in [0, 0.05) is 16.3 Å². The van der Waals surface area contributed by atoms with Crippen molar-refractivity contribution in [3.8, 4) is 0 Å². The molecule has 6 heteroatoms. The molecule has 0 amide bonds. The monoisotopic (exact) mass is 308 g/mol. The van der Waals surface area contributed by atoms with E-state index in [4.69, 9.17) is 10.9 Å². The van der Waals surface area contributed by atoms with Gasteiger partial charge in [-0.25, -0.2) is 13.6 Å². The number of rotatable bonds is 4.